The Morgan fingerprint density at radius 3 is 1.41 bits per heavy atom. The van der Waals surface area contributed by atoms with Gasteiger partial charge in [0.1, 0.15) is 0 Å². The largest absolute Gasteiger partial charge is 0.208 e. The lowest BCUT2D eigenvalue weighted by molar-refractivity contribution is 1.08. The maximum absolute atomic E-state index is 5.18. The summed E-state index contributed by atoms with van der Waals surface area (Å²) in [6, 6.07) is 70.7. The molecule has 9 aromatic carbocycles. The van der Waals surface area contributed by atoms with Crippen LogP contribution in [0.1, 0.15) is 0 Å². The molecule has 0 fully saturated rings. The number of aromatic nitrogens is 3. The summed E-state index contributed by atoms with van der Waals surface area (Å²) in [6.07, 6.45) is 0. The molecule has 10 rings (SSSR count). The summed E-state index contributed by atoms with van der Waals surface area (Å²) < 4.78 is 0. The van der Waals surface area contributed by atoms with Crippen molar-refractivity contribution in [2.75, 3.05) is 0 Å². The summed E-state index contributed by atoms with van der Waals surface area (Å²) in [5, 5.41) is 7.11. The van der Waals surface area contributed by atoms with Crippen LogP contribution < -0.4 is 0 Å². The van der Waals surface area contributed by atoms with Gasteiger partial charge in [-0.05, 0) is 90.0 Å². The third kappa shape index (κ3) is 5.88. The Bertz CT molecular complexity index is 2970. The van der Waals surface area contributed by atoms with E-state index >= 15 is 0 Å². The molecule has 0 atom stereocenters. The highest BCUT2D eigenvalue weighted by Crippen LogP contribution is 2.36. The molecule has 0 amide bonds. The van der Waals surface area contributed by atoms with Gasteiger partial charge in [0.25, 0.3) is 0 Å². The molecule has 252 valence electrons. The fourth-order valence-corrected chi connectivity index (χ4v) is 7.53. The lowest BCUT2D eigenvalue weighted by atomic mass is 9.94. The van der Waals surface area contributed by atoms with Gasteiger partial charge in [0, 0.05) is 16.7 Å². The first-order valence-electron chi connectivity index (χ1n) is 18.3. The average Bonchev–Trinajstić information content (AvgIpc) is 3.26. The van der Waals surface area contributed by atoms with E-state index in [1.165, 1.54) is 43.8 Å². The van der Waals surface area contributed by atoms with Crippen LogP contribution in [0.25, 0.3) is 99.9 Å². The zero-order valence-corrected chi connectivity index (χ0v) is 29.4. The Kier molecular flexibility index (Phi) is 7.81. The minimum absolute atomic E-state index is 0.637. The molecule has 0 saturated heterocycles. The summed E-state index contributed by atoms with van der Waals surface area (Å²) in [5.41, 5.74) is 9.93. The van der Waals surface area contributed by atoms with Crippen molar-refractivity contribution in [1.29, 1.82) is 0 Å². The molecule has 10 aromatic rings. The quantitative estimate of drug-likeness (QED) is 0.175. The zero-order chi connectivity index (χ0) is 35.8. The van der Waals surface area contributed by atoms with Gasteiger partial charge in [0.05, 0.1) is 0 Å². The molecule has 0 spiro atoms. The second-order valence-electron chi connectivity index (χ2n) is 13.7. The van der Waals surface area contributed by atoms with E-state index in [2.05, 4.69) is 176 Å². The predicted octanol–water partition coefficient (Wildman–Crippen LogP) is 13.3. The van der Waals surface area contributed by atoms with Gasteiger partial charge in [-0.1, -0.05) is 176 Å². The van der Waals surface area contributed by atoms with E-state index in [-0.39, 0.29) is 0 Å². The lowest BCUT2D eigenvalue weighted by Crippen LogP contribution is -2.00. The highest BCUT2D eigenvalue weighted by molar-refractivity contribution is 6.01. The average molecular weight is 688 g/mol. The van der Waals surface area contributed by atoms with Crippen LogP contribution in [0.4, 0.5) is 0 Å². The van der Waals surface area contributed by atoms with Gasteiger partial charge < -0.3 is 0 Å². The van der Waals surface area contributed by atoms with Gasteiger partial charge in [-0.25, -0.2) is 15.0 Å². The topological polar surface area (TPSA) is 38.7 Å². The lowest BCUT2D eigenvalue weighted by Gasteiger charge is -2.13. The van der Waals surface area contributed by atoms with E-state index in [1.807, 2.05) is 24.3 Å². The zero-order valence-electron chi connectivity index (χ0n) is 29.4. The molecule has 1 heterocycles. The SMILES string of the molecule is c1ccc(-c2ccc(-c3cc(-c4nc(-c5ccccc5)nc(-c5ccc6cc(-c7cccc8ccccc78)ccc6c5)n4)cc4ccccc34)cc2)cc1. The second-order valence-corrected chi connectivity index (χ2v) is 13.7. The molecule has 0 radical (unpaired) electrons. The van der Waals surface area contributed by atoms with E-state index in [1.54, 1.807) is 0 Å². The smallest absolute Gasteiger partial charge is 0.164 e. The monoisotopic (exact) mass is 687 g/mol. The Morgan fingerprint density at radius 2 is 0.685 bits per heavy atom. The van der Waals surface area contributed by atoms with E-state index in [0.29, 0.717) is 17.5 Å². The van der Waals surface area contributed by atoms with Crippen molar-refractivity contribution in [3.05, 3.63) is 200 Å². The molecule has 0 N–H and O–H groups in total. The third-order valence-electron chi connectivity index (χ3n) is 10.3. The number of benzene rings is 9. The van der Waals surface area contributed by atoms with E-state index < -0.39 is 0 Å². The normalized spacial score (nSPS) is 11.3. The highest BCUT2D eigenvalue weighted by Gasteiger charge is 2.16. The first-order valence-corrected chi connectivity index (χ1v) is 18.3. The van der Waals surface area contributed by atoms with Gasteiger partial charge in [0.2, 0.25) is 0 Å². The first kappa shape index (κ1) is 31.5. The third-order valence-corrected chi connectivity index (χ3v) is 10.3. The standard InChI is InChI=1S/C51H33N3/c1-3-12-34(13-4-1)35-22-24-37(25-23-35)48-33-44(32-41-17-8-10-20-47(41)48)51-53-49(38-15-5-2-6-16-38)52-50(54-51)43-29-27-39-30-42(28-26-40(39)31-43)46-21-11-18-36-14-7-9-19-45(36)46/h1-33H. The van der Waals surface area contributed by atoms with Crippen LogP contribution in [0, 0.1) is 0 Å². The number of hydrogen-bond donors (Lipinski definition) is 0. The van der Waals surface area contributed by atoms with Crippen molar-refractivity contribution in [2.24, 2.45) is 0 Å². The van der Waals surface area contributed by atoms with Crippen LogP contribution in [0.5, 0.6) is 0 Å². The van der Waals surface area contributed by atoms with Crippen molar-refractivity contribution in [3.8, 4) is 67.5 Å². The molecule has 54 heavy (non-hydrogen) atoms. The molecule has 0 unspecified atom stereocenters. The van der Waals surface area contributed by atoms with Crippen molar-refractivity contribution in [2.45, 2.75) is 0 Å². The summed E-state index contributed by atoms with van der Waals surface area (Å²) in [5.74, 6) is 1.92. The minimum atomic E-state index is 0.637. The van der Waals surface area contributed by atoms with Crippen LogP contribution >= 0.6 is 0 Å². The molecule has 3 heteroatoms. The van der Waals surface area contributed by atoms with Gasteiger partial charge in [-0.2, -0.15) is 0 Å². The van der Waals surface area contributed by atoms with E-state index in [9.17, 15) is 0 Å². The van der Waals surface area contributed by atoms with Crippen LogP contribution in [-0.4, -0.2) is 15.0 Å². The fraction of sp³-hybridized carbons (Fsp3) is 0. The van der Waals surface area contributed by atoms with E-state index in [4.69, 9.17) is 15.0 Å². The minimum Gasteiger partial charge on any atom is -0.208 e. The summed E-state index contributed by atoms with van der Waals surface area (Å²) in [4.78, 5) is 15.3. The van der Waals surface area contributed by atoms with Gasteiger partial charge in [-0.3, -0.25) is 0 Å². The van der Waals surface area contributed by atoms with Crippen LogP contribution in [-0.2, 0) is 0 Å². The van der Waals surface area contributed by atoms with Crippen LogP contribution in [0.3, 0.4) is 0 Å². The van der Waals surface area contributed by atoms with Gasteiger partial charge >= 0.3 is 0 Å². The summed E-state index contributed by atoms with van der Waals surface area (Å²) in [6.45, 7) is 0. The Balaban J connectivity index is 1.09. The van der Waals surface area contributed by atoms with Gasteiger partial charge in [0.15, 0.2) is 17.5 Å². The molecule has 0 aliphatic carbocycles. The van der Waals surface area contributed by atoms with Gasteiger partial charge in [-0.15, -0.1) is 0 Å². The Hall–Kier alpha value is -7.23. The molecular weight excluding hydrogens is 655 g/mol. The number of hydrogen-bond acceptors (Lipinski definition) is 3. The van der Waals surface area contributed by atoms with Crippen molar-refractivity contribution < 1.29 is 0 Å². The molecule has 0 saturated carbocycles. The molecule has 0 aliphatic heterocycles. The maximum Gasteiger partial charge on any atom is 0.164 e. The Labute approximate surface area is 313 Å². The molecular formula is C51H33N3. The van der Waals surface area contributed by atoms with Crippen molar-refractivity contribution >= 4 is 32.3 Å². The number of fused-ring (bicyclic) bond motifs is 3. The second kappa shape index (κ2) is 13.4. The summed E-state index contributed by atoms with van der Waals surface area (Å²) in [7, 11) is 0. The maximum atomic E-state index is 5.18. The molecule has 0 bridgehead atoms. The first-order chi connectivity index (χ1) is 26.7. The van der Waals surface area contributed by atoms with E-state index in [0.717, 1.165) is 38.6 Å². The fourth-order valence-electron chi connectivity index (χ4n) is 7.53. The predicted molar refractivity (Wildman–Crippen MR) is 225 cm³/mol. The summed E-state index contributed by atoms with van der Waals surface area (Å²) >= 11 is 0. The number of nitrogens with zero attached hydrogens (tertiary/aromatic N) is 3. The van der Waals surface area contributed by atoms with Crippen molar-refractivity contribution in [3.63, 3.8) is 0 Å². The van der Waals surface area contributed by atoms with Crippen LogP contribution in [0.15, 0.2) is 200 Å². The molecule has 3 nitrogen and oxygen atoms in total. The number of rotatable bonds is 6. The van der Waals surface area contributed by atoms with Crippen LogP contribution in [0.2, 0.25) is 0 Å². The highest BCUT2D eigenvalue weighted by atomic mass is 15.0. The molecule has 1 aromatic heterocycles. The Morgan fingerprint density at radius 1 is 0.222 bits per heavy atom. The molecule has 0 aliphatic rings. The van der Waals surface area contributed by atoms with Crippen molar-refractivity contribution in [1.82, 2.24) is 15.0 Å².